The lowest BCUT2D eigenvalue weighted by Crippen LogP contribution is -2.47. The molecule has 0 aliphatic carbocycles. The maximum absolute atomic E-state index is 6.07. The number of hydrogen-bond donors (Lipinski definition) is 0. The van der Waals surface area contributed by atoms with Crippen molar-refractivity contribution in [1.82, 2.24) is 9.97 Å². The van der Waals surface area contributed by atoms with Crippen molar-refractivity contribution in [2.45, 2.75) is 25.4 Å². The van der Waals surface area contributed by atoms with Gasteiger partial charge < -0.3 is 9.64 Å². The molecule has 0 amide bonds. The number of rotatable bonds is 2. The van der Waals surface area contributed by atoms with Gasteiger partial charge >= 0.3 is 0 Å². The summed E-state index contributed by atoms with van der Waals surface area (Å²) in [5.74, 6) is 0.906. The van der Waals surface area contributed by atoms with E-state index in [1.165, 1.54) is 0 Å². The molecular formula is C15H18ClN3O. The number of benzene rings is 1. The molecule has 0 N–H and O–H groups in total. The smallest absolute Gasteiger partial charge is 0.224 e. The van der Waals surface area contributed by atoms with Crippen LogP contribution in [0.5, 0.6) is 0 Å². The fraction of sp³-hybridized carbons (Fsp3) is 0.467. The Balaban J connectivity index is 2.05. The minimum Gasteiger partial charge on any atom is -0.377 e. The fourth-order valence-electron chi connectivity index (χ4n) is 2.83. The number of nitrogens with zero attached hydrogens (tertiary/aromatic N) is 3. The van der Waals surface area contributed by atoms with Gasteiger partial charge in [-0.2, -0.15) is 4.98 Å². The quantitative estimate of drug-likeness (QED) is 0.796. The van der Waals surface area contributed by atoms with E-state index in [2.05, 4.69) is 21.8 Å². The zero-order valence-corrected chi connectivity index (χ0v) is 12.5. The van der Waals surface area contributed by atoms with E-state index in [9.17, 15) is 0 Å². The second kappa shape index (κ2) is 5.19. The van der Waals surface area contributed by atoms with E-state index in [-0.39, 0.29) is 5.60 Å². The van der Waals surface area contributed by atoms with Gasteiger partial charge in [0.25, 0.3) is 0 Å². The summed E-state index contributed by atoms with van der Waals surface area (Å²) in [5.41, 5.74) is 0.753. The van der Waals surface area contributed by atoms with Crippen molar-refractivity contribution >= 4 is 28.3 Å². The van der Waals surface area contributed by atoms with E-state index >= 15 is 0 Å². The fourth-order valence-corrected chi connectivity index (χ4v) is 3.00. The molecule has 2 aromatic rings. The second-order valence-corrected chi connectivity index (χ2v) is 5.85. The van der Waals surface area contributed by atoms with Crippen LogP contribution in [0.2, 0.25) is 5.28 Å². The van der Waals surface area contributed by atoms with Crippen LogP contribution in [0.4, 0.5) is 5.82 Å². The molecule has 1 fully saturated rings. The molecule has 20 heavy (non-hydrogen) atoms. The molecule has 3 rings (SSSR count). The summed E-state index contributed by atoms with van der Waals surface area (Å²) < 4.78 is 5.65. The van der Waals surface area contributed by atoms with Gasteiger partial charge in [0.15, 0.2) is 0 Å². The lowest BCUT2D eigenvalue weighted by atomic mass is 9.94. The molecule has 0 radical (unpaired) electrons. The van der Waals surface area contributed by atoms with Crippen LogP contribution in [0.3, 0.4) is 0 Å². The first-order chi connectivity index (χ1) is 9.61. The monoisotopic (exact) mass is 291 g/mol. The molecular weight excluding hydrogens is 274 g/mol. The summed E-state index contributed by atoms with van der Waals surface area (Å²) in [6.07, 6.45) is 2.15. The standard InChI is InChI=1S/C15H18ClN3O/c1-15(20-2)8-5-9-19(10-15)13-11-6-3-4-7-12(11)17-14(16)18-13/h3-4,6-7H,5,8-10H2,1-2H3. The first kappa shape index (κ1) is 13.6. The number of hydrogen-bond acceptors (Lipinski definition) is 4. The van der Waals surface area contributed by atoms with Gasteiger partial charge in [-0.15, -0.1) is 0 Å². The predicted octanol–water partition coefficient (Wildman–Crippen LogP) is 3.29. The van der Waals surface area contributed by atoms with Crippen LogP contribution >= 0.6 is 11.6 Å². The zero-order valence-electron chi connectivity index (χ0n) is 11.8. The van der Waals surface area contributed by atoms with Gasteiger partial charge in [0.1, 0.15) is 5.82 Å². The third-order valence-corrected chi connectivity index (χ3v) is 4.18. The Morgan fingerprint density at radius 2 is 2.10 bits per heavy atom. The number of piperidine rings is 1. The molecule has 106 valence electrons. The summed E-state index contributed by atoms with van der Waals surface area (Å²) in [7, 11) is 1.77. The highest BCUT2D eigenvalue weighted by Gasteiger charge is 2.32. The Labute approximate surface area is 123 Å². The van der Waals surface area contributed by atoms with Gasteiger partial charge in [-0.3, -0.25) is 0 Å². The summed E-state index contributed by atoms with van der Waals surface area (Å²) >= 11 is 6.07. The van der Waals surface area contributed by atoms with Crippen LogP contribution in [0.25, 0.3) is 10.9 Å². The number of methoxy groups -OCH3 is 1. The van der Waals surface area contributed by atoms with Crippen LogP contribution in [-0.2, 0) is 4.74 Å². The first-order valence-corrected chi connectivity index (χ1v) is 7.21. The molecule has 1 saturated heterocycles. The molecule has 0 saturated carbocycles. The lowest BCUT2D eigenvalue weighted by Gasteiger charge is -2.40. The lowest BCUT2D eigenvalue weighted by molar-refractivity contribution is -0.00475. The van der Waals surface area contributed by atoms with Gasteiger partial charge in [0.05, 0.1) is 11.1 Å². The SMILES string of the molecule is COC1(C)CCCN(c2nc(Cl)nc3ccccc23)C1. The number of fused-ring (bicyclic) bond motifs is 1. The van der Waals surface area contributed by atoms with Crippen molar-refractivity contribution in [1.29, 1.82) is 0 Å². The Hall–Kier alpha value is -1.39. The van der Waals surface area contributed by atoms with E-state index in [0.29, 0.717) is 5.28 Å². The third-order valence-electron chi connectivity index (χ3n) is 4.01. The Bertz CT molecular complexity index is 634. The van der Waals surface area contributed by atoms with Gasteiger partial charge in [-0.05, 0) is 43.5 Å². The molecule has 1 aromatic heterocycles. The minimum absolute atomic E-state index is 0.128. The summed E-state index contributed by atoms with van der Waals surface area (Å²) in [6, 6.07) is 7.97. The Kier molecular flexibility index (Phi) is 3.52. The highest BCUT2D eigenvalue weighted by molar-refractivity contribution is 6.28. The summed E-state index contributed by atoms with van der Waals surface area (Å²) in [5, 5.41) is 1.33. The number of halogens is 1. The van der Waals surface area contributed by atoms with E-state index in [1.807, 2.05) is 24.3 Å². The molecule has 4 nitrogen and oxygen atoms in total. The number of ether oxygens (including phenoxy) is 1. The number of aromatic nitrogens is 2. The molecule has 1 aromatic carbocycles. The van der Waals surface area contributed by atoms with Crippen molar-refractivity contribution in [3.8, 4) is 0 Å². The maximum atomic E-state index is 6.07. The summed E-state index contributed by atoms with van der Waals surface area (Å²) in [4.78, 5) is 11.0. The third kappa shape index (κ3) is 2.45. The molecule has 5 heteroatoms. The predicted molar refractivity (Wildman–Crippen MR) is 81.4 cm³/mol. The minimum atomic E-state index is -0.128. The van der Waals surface area contributed by atoms with E-state index in [0.717, 1.165) is 42.7 Å². The average molecular weight is 292 g/mol. The second-order valence-electron chi connectivity index (χ2n) is 5.51. The van der Waals surface area contributed by atoms with Crippen molar-refractivity contribution < 1.29 is 4.74 Å². The highest BCUT2D eigenvalue weighted by atomic mass is 35.5. The van der Waals surface area contributed by atoms with Crippen LogP contribution in [0, 0.1) is 0 Å². The van der Waals surface area contributed by atoms with Crippen LogP contribution < -0.4 is 4.90 Å². The van der Waals surface area contributed by atoms with Crippen LogP contribution in [0.1, 0.15) is 19.8 Å². The van der Waals surface area contributed by atoms with Crippen molar-refractivity contribution in [2.75, 3.05) is 25.1 Å². The van der Waals surface area contributed by atoms with Gasteiger partial charge in [0, 0.05) is 25.6 Å². The van der Waals surface area contributed by atoms with Gasteiger partial charge in [-0.25, -0.2) is 4.98 Å². The van der Waals surface area contributed by atoms with Crippen molar-refractivity contribution in [2.24, 2.45) is 0 Å². The summed E-state index contributed by atoms with van der Waals surface area (Å²) in [6.45, 7) is 3.93. The first-order valence-electron chi connectivity index (χ1n) is 6.84. The zero-order chi connectivity index (χ0) is 14.2. The molecule has 0 bridgehead atoms. The van der Waals surface area contributed by atoms with Crippen molar-refractivity contribution in [3.63, 3.8) is 0 Å². The average Bonchev–Trinajstić information content (AvgIpc) is 2.46. The topological polar surface area (TPSA) is 38.2 Å². The Morgan fingerprint density at radius 3 is 2.90 bits per heavy atom. The maximum Gasteiger partial charge on any atom is 0.224 e. The number of anilines is 1. The normalized spacial score (nSPS) is 23.2. The molecule has 2 heterocycles. The molecule has 0 spiro atoms. The Morgan fingerprint density at radius 1 is 1.30 bits per heavy atom. The number of para-hydroxylation sites is 1. The van der Waals surface area contributed by atoms with Crippen LogP contribution in [-0.4, -0.2) is 35.8 Å². The van der Waals surface area contributed by atoms with E-state index < -0.39 is 0 Å². The largest absolute Gasteiger partial charge is 0.377 e. The van der Waals surface area contributed by atoms with Crippen LogP contribution in [0.15, 0.2) is 24.3 Å². The molecule has 1 unspecified atom stereocenters. The molecule has 1 atom stereocenters. The molecule has 1 aliphatic heterocycles. The van der Waals surface area contributed by atoms with Gasteiger partial charge in [-0.1, -0.05) is 12.1 Å². The van der Waals surface area contributed by atoms with Gasteiger partial charge in [0.2, 0.25) is 5.28 Å². The van der Waals surface area contributed by atoms with Crippen molar-refractivity contribution in [3.05, 3.63) is 29.5 Å². The van der Waals surface area contributed by atoms with E-state index in [1.54, 1.807) is 7.11 Å². The highest BCUT2D eigenvalue weighted by Crippen LogP contribution is 2.31. The van der Waals surface area contributed by atoms with E-state index in [4.69, 9.17) is 16.3 Å². The molecule has 1 aliphatic rings.